The van der Waals surface area contributed by atoms with Crippen LogP contribution in [0.4, 0.5) is 10.1 Å². The van der Waals surface area contributed by atoms with Gasteiger partial charge in [-0.05, 0) is 42.5 Å². The molecule has 1 unspecified atom stereocenters. The van der Waals surface area contributed by atoms with Crippen LogP contribution in [-0.2, 0) is 21.4 Å². The molecule has 32 heavy (non-hydrogen) atoms. The summed E-state index contributed by atoms with van der Waals surface area (Å²) in [5, 5.41) is 9.30. The molecule has 4 rings (SSSR count). The van der Waals surface area contributed by atoms with E-state index in [0.29, 0.717) is 30.2 Å². The van der Waals surface area contributed by atoms with Crippen molar-refractivity contribution >= 4 is 33.0 Å². The van der Waals surface area contributed by atoms with Crippen LogP contribution >= 0.6 is 11.3 Å². The summed E-state index contributed by atoms with van der Waals surface area (Å²) in [6.45, 7) is 0.230. The Bertz CT molecular complexity index is 1280. The number of anilines is 1. The van der Waals surface area contributed by atoms with Crippen molar-refractivity contribution in [2.45, 2.75) is 25.3 Å². The van der Waals surface area contributed by atoms with E-state index in [1.165, 1.54) is 38.4 Å². The molecule has 1 saturated heterocycles. The van der Waals surface area contributed by atoms with E-state index >= 15 is 0 Å². The molecule has 3 aromatic rings. The third-order valence-electron chi connectivity index (χ3n) is 5.25. The van der Waals surface area contributed by atoms with Gasteiger partial charge in [0, 0.05) is 19.0 Å². The summed E-state index contributed by atoms with van der Waals surface area (Å²) < 4.78 is 41.8. The van der Waals surface area contributed by atoms with Crippen LogP contribution < -0.4 is 11.0 Å². The summed E-state index contributed by atoms with van der Waals surface area (Å²) in [4.78, 5) is 25.6. The number of piperidine rings is 1. The fraction of sp³-hybridized carbons (Fsp3) is 0.350. The second-order valence-corrected chi connectivity index (χ2v) is 10.5. The second kappa shape index (κ2) is 8.96. The largest absolute Gasteiger partial charge is 0.351 e. The zero-order chi connectivity index (χ0) is 22.9. The monoisotopic (exact) mass is 479 g/mol. The maximum Gasteiger partial charge on any atom is 0.351 e. The summed E-state index contributed by atoms with van der Waals surface area (Å²) in [5.74, 6) is -1.07. The number of carbonyl (C=O) groups excluding carboxylic acids is 1. The number of aromatic nitrogens is 3. The van der Waals surface area contributed by atoms with Gasteiger partial charge in [0.05, 0.1) is 11.9 Å². The quantitative estimate of drug-likeness (QED) is 0.582. The van der Waals surface area contributed by atoms with E-state index in [2.05, 4.69) is 10.4 Å². The highest BCUT2D eigenvalue weighted by Crippen LogP contribution is 2.28. The van der Waals surface area contributed by atoms with Crippen molar-refractivity contribution in [2.75, 3.05) is 24.7 Å². The van der Waals surface area contributed by atoms with Gasteiger partial charge in [0.1, 0.15) is 23.2 Å². The topological polar surface area (TPSA) is 106 Å². The Hall–Kier alpha value is -2.83. The lowest BCUT2D eigenvalue weighted by molar-refractivity contribution is -0.117. The number of hydrogen-bond acceptors (Lipinski definition) is 6. The zero-order valence-corrected chi connectivity index (χ0v) is 18.9. The Balaban J connectivity index is 1.65. The lowest BCUT2D eigenvalue weighted by Crippen LogP contribution is -2.39. The average molecular weight is 480 g/mol. The first-order chi connectivity index (χ1) is 15.2. The summed E-state index contributed by atoms with van der Waals surface area (Å²) in [6.07, 6.45) is 2.46. The lowest BCUT2D eigenvalue weighted by atomic mass is 9.99. The molecule has 1 aromatic carbocycles. The highest BCUT2D eigenvalue weighted by molar-refractivity contribution is 7.88. The number of amides is 1. The minimum absolute atomic E-state index is 0.0135. The van der Waals surface area contributed by atoms with Crippen molar-refractivity contribution in [1.29, 1.82) is 0 Å². The number of hydrogen-bond donors (Lipinski definition) is 1. The molecule has 0 bridgehead atoms. The van der Waals surface area contributed by atoms with E-state index in [0.717, 1.165) is 10.9 Å². The summed E-state index contributed by atoms with van der Waals surface area (Å²) in [6, 6.07) is 9.30. The van der Waals surface area contributed by atoms with Crippen molar-refractivity contribution in [2.24, 2.45) is 0 Å². The van der Waals surface area contributed by atoms with Crippen molar-refractivity contribution in [1.82, 2.24) is 18.7 Å². The highest BCUT2D eigenvalue weighted by atomic mass is 32.2. The van der Waals surface area contributed by atoms with Gasteiger partial charge in [-0.3, -0.25) is 4.79 Å². The van der Waals surface area contributed by atoms with E-state index in [4.69, 9.17) is 0 Å². The van der Waals surface area contributed by atoms with E-state index < -0.39 is 34.0 Å². The third kappa shape index (κ3) is 4.66. The normalized spacial score (nSPS) is 17.4. The fourth-order valence-electron chi connectivity index (χ4n) is 3.74. The second-order valence-electron chi connectivity index (χ2n) is 7.57. The Labute approximate surface area is 188 Å². The van der Waals surface area contributed by atoms with E-state index in [1.807, 2.05) is 5.38 Å². The average Bonchev–Trinajstić information content (AvgIpc) is 3.38. The van der Waals surface area contributed by atoms with Gasteiger partial charge in [0.15, 0.2) is 0 Å². The molecular formula is C20H22FN5O4S2. The molecule has 0 spiro atoms. The molecule has 0 saturated carbocycles. The number of nitrogens with one attached hydrogen (secondary N) is 1. The SMILES string of the molecule is CS(=O)(=O)N1CCCC(c2nn(CC(=O)Nc3ccccc3F)c(=O)n2-c2cccs2)C1. The van der Waals surface area contributed by atoms with Gasteiger partial charge in [0.2, 0.25) is 15.9 Å². The van der Waals surface area contributed by atoms with E-state index in [-0.39, 0.29) is 18.2 Å². The Morgan fingerprint density at radius 3 is 2.75 bits per heavy atom. The number of carbonyl (C=O) groups is 1. The molecule has 12 heteroatoms. The molecule has 1 fully saturated rings. The fourth-order valence-corrected chi connectivity index (χ4v) is 5.38. The van der Waals surface area contributed by atoms with Crippen LogP contribution in [0.1, 0.15) is 24.6 Å². The number of thiophene rings is 1. The molecule has 0 radical (unpaired) electrons. The molecule has 1 atom stereocenters. The van der Waals surface area contributed by atoms with Crippen molar-refractivity contribution < 1.29 is 17.6 Å². The molecule has 9 nitrogen and oxygen atoms in total. The van der Waals surface area contributed by atoms with Crippen molar-refractivity contribution in [3.63, 3.8) is 0 Å². The predicted octanol–water partition coefficient (Wildman–Crippen LogP) is 2.01. The first-order valence-electron chi connectivity index (χ1n) is 9.97. The molecule has 170 valence electrons. The molecule has 1 aliphatic heterocycles. The maximum atomic E-state index is 13.8. The highest BCUT2D eigenvalue weighted by Gasteiger charge is 2.32. The molecule has 1 amide bonds. The number of nitrogens with zero attached hydrogens (tertiary/aromatic N) is 4. The maximum absolute atomic E-state index is 13.8. The number of benzene rings is 1. The number of halogens is 1. The third-order valence-corrected chi connectivity index (χ3v) is 7.37. The van der Waals surface area contributed by atoms with Crippen molar-refractivity contribution in [3.8, 4) is 5.00 Å². The van der Waals surface area contributed by atoms with E-state index in [9.17, 15) is 22.4 Å². The molecule has 1 aliphatic rings. The number of rotatable bonds is 6. The van der Waals surface area contributed by atoms with Gasteiger partial charge in [-0.2, -0.15) is 5.10 Å². The van der Waals surface area contributed by atoms with Crippen LogP contribution in [0.5, 0.6) is 0 Å². The summed E-state index contributed by atoms with van der Waals surface area (Å²) in [7, 11) is -3.38. The first-order valence-corrected chi connectivity index (χ1v) is 12.7. The summed E-state index contributed by atoms with van der Waals surface area (Å²) in [5.41, 5.74) is -0.498. The molecular weight excluding hydrogens is 457 g/mol. The van der Waals surface area contributed by atoms with Crippen LogP contribution in [0.25, 0.3) is 5.00 Å². The van der Waals surface area contributed by atoms with Crippen LogP contribution in [0.15, 0.2) is 46.6 Å². The predicted molar refractivity (Wildman–Crippen MR) is 119 cm³/mol. The lowest BCUT2D eigenvalue weighted by Gasteiger charge is -2.30. The van der Waals surface area contributed by atoms with Crippen molar-refractivity contribution in [3.05, 3.63) is 63.9 Å². The van der Waals surface area contributed by atoms with Crippen LogP contribution in [0.2, 0.25) is 0 Å². The molecule has 1 N–H and O–H groups in total. The van der Waals surface area contributed by atoms with Gasteiger partial charge in [0.25, 0.3) is 0 Å². The minimum Gasteiger partial charge on any atom is -0.322 e. The molecule has 2 aromatic heterocycles. The van der Waals surface area contributed by atoms with Crippen LogP contribution in [0.3, 0.4) is 0 Å². The van der Waals surface area contributed by atoms with Gasteiger partial charge in [-0.25, -0.2) is 31.2 Å². The zero-order valence-electron chi connectivity index (χ0n) is 17.3. The Morgan fingerprint density at radius 1 is 1.28 bits per heavy atom. The van der Waals surface area contributed by atoms with Gasteiger partial charge in [-0.1, -0.05) is 12.1 Å². The summed E-state index contributed by atoms with van der Waals surface area (Å²) >= 11 is 1.34. The smallest absolute Gasteiger partial charge is 0.322 e. The van der Waals surface area contributed by atoms with Crippen LogP contribution in [0, 0.1) is 5.82 Å². The number of sulfonamides is 1. The first kappa shape index (κ1) is 22.4. The van der Waals surface area contributed by atoms with Gasteiger partial charge in [-0.15, -0.1) is 11.3 Å². The molecule has 3 heterocycles. The van der Waals surface area contributed by atoms with E-state index in [1.54, 1.807) is 18.2 Å². The number of para-hydroxylation sites is 1. The van der Waals surface area contributed by atoms with Gasteiger partial charge < -0.3 is 5.32 Å². The van der Waals surface area contributed by atoms with Gasteiger partial charge >= 0.3 is 5.69 Å². The standard InChI is InChI=1S/C20H22FN5O4S2/c1-32(29,30)24-10-4-6-14(12-24)19-23-25(20(28)26(19)18-9-5-11-31-18)13-17(27)22-16-8-3-2-7-15(16)21/h2-3,5,7-9,11,14H,4,6,10,12-13H2,1H3,(H,22,27). The minimum atomic E-state index is -3.38. The Kier molecular flexibility index (Phi) is 6.26. The van der Waals surface area contributed by atoms with Crippen LogP contribution in [-0.4, -0.2) is 52.3 Å². The molecule has 0 aliphatic carbocycles. The Morgan fingerprint density at radius 2 is 2.06 bits per heavy atom.